The summed E-state index contributed by atoms with van der Waals surface area (Å²) in [4.78, 5) is 16.5. The Morgan fingerprint density at radius 3 is 2.76 bits per heavy atom. The Hall–Kier alpha value is -2.48. The number of methoxy groups -OCH3 is 1. The number of benzene rings is 2. The van der Waals surface area contributed by atoms with Crippen LogP contribution in [0.4, 0.5) is 10.1 Å². The van der Waals surface area contributed by atoms with Crippen LogP contribution >= 0.6 is 0 Å². The molecule has 2 aliphatic heterocycles. The van der Waals surface area contributed by atoms with Gasteiger partial charge in [0.2, 0.25) is 0 Å². The van der Waals surface area contributed by atoms with Gasteiger partial charge in [0.05, 0.1) is 26.9 Å². The van der Waals surface area contributed by atoms with Crippen LogP contribution in [0.15, 0.2) is 48.5 Å². The first-order valence-electron chi connectivity index (χ1n) is 9.70. The van der Waals surface area contributed by atoms with Gasteiger partial charge in [0.15, 0.2) is 11.6 Å². The van der Waals surface area contributed by atoms with Crippen molar-refractivity contribution in [1.82, 2.24) is 4.90 Å². The molecule has 154 valence electrons. The molecule has 1 unspecified atom stereocenters. The Bertz CT molecular complexity index is 863. The Morgan fingerprint density at radius 1 is 1.17 bits per heavy atom. The minimum absolute atomic E-state index is 0.0314. The number of morpholine rings is 1. The van der Waals surface area contributed by atoms with Gasteiger partial charge in [-0.3, -0.25) is 9.69 Å². The lowest BCUT2D eigenvalue weighted by atomic mass is 10.0. The number of amides is 1. The van der Waals surface area contributed by atoms with E-state index in [0.717, 1.165) is 17.8 Å². The molecule has 0 aliphatic carbocycles. The molecule has 2 aromatic rings. The summed E-state index contributed by atoms with van der Waals surface area (Å²) in [7, 11) is 1.45. The summed E-state index contributed by atoms with van der Waals surface area (Å²) in [6.07, 6.45) is 0. The summed E-state index contributed by atoms with van der Waals surface area (Å²) in [6, 6.07) is 14.6. The number of hydrogen-bond donors (Lipinski definition) is 0. The van der Waals surface area contributed by atoms with Gasteiger partial charge in [-0.05, 0) is 29.8 Å². The average Bonchev–Trinajstić information content (AvgIpc) is 2.88. The highest BCUT2D eigenvalue weighted by molar-refractivity contribution is 5.94. The van der Waals surface area contributed by atoms with Gasteiger partial charge in [0.1, 0.15) is 12.2 Å². The van der Waals surface area contributed by atoms with Crippen molar-refractivity contribution in [3.63, 3.8) is 0 Å². The van der Waals surface area contributed by atoms with Gasteiger partial charge in [0, 0.05) is 25.3 Å². The molecule has 0 radical (unpaired) electrons. The Kier molecular flexibility index (Phi) is 5.80. The largest absolute Gasteiger partial charge is 0.494 e. The first-order valence-corrected chi connectivity index (χ1v) is 9.70. The fraction of sp³-hybridized carbons (Fsp3) is 0.409. The number of rotatable bonds is 4. The summed E-state index contributed by atoms with van der Waals surface area (Å²) in [5, 5.41) is 0. The third-order valence-electron chi connectivity index (χ3n) is 5.36. The smallest absolute Gasteiger partial charge is 0.253 e. The molecular formula is C22H25FN2O4. The van der Waals surface area contributed by atoms with Crippen LogP contribution in [0.2, 0.25) is 0 Å². The molecule has 2 aliphatic rings. The second kappa shape index (κ2) is 8.49. The van der Waals surface area contributed by atoms with E-state index in [1.54, 1.807) is 11.0 Å². The third kappa shape index (κ3) is 4.42. The molecule has 0 aromatic heterocycles. The Morgan fingerprint density at radius 2 is 2.00 bits per heavy atom. The number of para-hydroxylation sites is 1. The van der Waals surface area contributed by atoms with Crippen LogP contribution in [-0.4, -0.2) is 63.0 Å². The third-order valence-corrected chi connectivity index (χ3v) is 5.36. The quantitative estimate of drug-likeness (QED) is 0.789. The fourth-order valence-electron chi connectivity index (χ4n) is 3.98. The van der Waals surface area contributed by atoms with Crippen molar-refractivity contribution in [3.8, 4) is 5.75 Å². The van der Waals surface area contributed by atoms with E-state index in [2.05, 4.69) is 4.90 Å². The predicted molar refractivity (Wildman–Crippen MR) is 107 cm³/mol. The SMILES string of the molecule is COc1ccc(CN2CCOC3(COCC(=O)N(c4ccccc4)C3)C2)cc1F. The van der Waals surface area contributed by atoms with Crippen molar-refractivity contribution in [3.05, 3.63) is 59.9 Å². The molecule has 2 fully saturated rings. The zero-order chi connectivity index (χ0) is 20.3. The minimum atomic E-state index is -0.620. The van der Waals surface area contributed by atoms with Gasteiger partial charge < -0.3 is 19.1 Å². The van der Waals surface area contributed by atoms with Crippen LogP contribution in [0, 0.1) is 5.82 Å². The number of anilines is 1. The number of hydrogen-bond acceptors (Lipinski definition) is 5. The van der Waals surface area contributed by atoms with Crippen LogP contribution in [0.5, 0.6) is 5.75 Å². The highest BCUT2D eigenvalue weighted by Crippen LogP contribution is 2.28. The summed E-state index contributed by atoms with van der Waals surface area (Å²) in [5.74, 6) is -0.209. The van der Waals surface area contributed by atoms with E-state index in [4.69, 9.17) is 14.2 Å². The van der Waals surface area contributed by atoms with Gasteiger partial charge in [0.25, 0.3) is 5.91 Å². The summed E-state index contributed by atoms with van der Waals surface area (Å²) in [6.45, 7) is 3.23. The maximum Gasteiger partial charge on any atom is 0.253 e. The summed E-state index contributed by atoms with van der Waals surface area (Å²) >= 11 is 0. The number of carbonyl (C=O) groups excluding carboxylic acids is 1. The number of carbonyl (C=O) groups is 1. The highest BCUT2D eigenvalue weighted by Gasteiger charge is 2.42. The molecule has 7 heteroatoms. The van der Waals surface area contributed by atoms with Crippen molar-refractivity contribution in [2.24, 2.45) is 0 Å². The van der Waals surface area contributed by atoms with Crippen LogP contribution in [0.25, 0.3) is 0 Å². The number of nitrogens with zero attached hydrogens (tertiary/aromatic N) is 2. The fourth-order valence-corrected chi connectivity index (χ4v) is 3.98. The highest BCUT2D eigenvalue weighted by atomic mass is 19.1. The Balaban J connectivity index is 1.51. The lowest BCUT2D eigenvalue weighted by Crippen LogP contribution is -2.59. The molecule has 2 aromatic carbocycles. The van der Waals surface area contributed by atoms with Crippen LogP contribution < -0.4 is 9.64 Å². The van der Waals surface area contributed by atoms with Crippen molar-refractivity contribution < 1.29 is 23.4 Å². The maximum atomic E-state index is 14.1. The van der Waals surface area contributed by atoms with Crippen molar-refractivity contribution in [2.75, 3.05) is 51.5 Å². The van der Waals surface area contributed by atoms with E-state index >= 15 is 0 Å². The zero-order valence-electron chi connectivity index (χ0n) is 16.5. The number of ether oxygens (including phenoxy) is 3. The van der Waals surface area contributed by atoms with E-state index in [0.29, 0.717) is 32.8 Å². The van der Waals surface area contributed by atoms with Crippen molar-refractivity contribution >= 4 is 11.6 Å². The van der Waals surface area contributed by atoms with Gasteiger partial charge >= 0.3 is 0 Å². The number of halogens is 1. The monoisotopic (exact) mass is 400 g/mol. The molecule has 4 rings (SSSR count). The summed E-state index contributed by atoms with van der Waals surface area (Å²) < 4.78 is 30.9. The molecule has 2 saturated heterocycles. The van der Waals surface area contributed by atoms with Gasteiger partial charge in [-0.25, -0.2) is 4.39 Å². The van der Waals surface area contributed by atoms with Gasteiger partial charge in [-0.2, -0.15) is 0 Å². The van der Waals surface area contributed by atoms with Crippen LogP contribution in [0.3, 0.4) is 0 Å². The first-order chi connectivity index (χ1) is 14.1. The minimum Gasteiger partial charge on any atom is -0.494 e. The van der Waals surface area contributed by atoms with E-state index < -0.39 is 5.60 Å². The average molecular weight is 400 g/mol. The van der Waals surface area contributed by atoms with Crippen molar-refractivity contribution in [1.29, 1.82) is 0 Å². The first kappa shape index (κ1) is 19.8. The second-order valence-electron chi connectivity index (χ2n) is 7.52. The molecule has 1 amide bonds. The van der Waals surface area contributed by atoms with Gasteiger partial charge in [-0.1, -0.05) is 24.3 Å². The standard InChI is InChI=1S/C22H25FN2O4/c1-27-20-8-7-17(11-19(20)23)12-24-9-10-29-22(14-24)15-25(21(26)13-28-16-22)18-5-3-2-4-6-18/h2-8,11H,9-10,12-16H2,1H3. The lowest BCUT2D eigenvalue weighted by molar-refractivity contribution is -0.135. The van der Waals surface area contributed by atoms with E-state index in [1.165, 1.54) is 13.2 Å². The lowest BCUT2D eigenvalue weighted by Gasteiger charge is -2.43. The normalized spacial score (nSPS) is 23.2. The van der Waals surface area contributed by atoms with E-state index in [-0.39, 0.29) is 24.1 Å². The molecule has 0 bridgehead atoms. The predicted octanol–water partition coefficient (Wildman–Crippen LogP) is 2.47. The molecule has 1 spiro atoms. The van der Waals surface area contributed by atoms with E-state index in [9.17, 15) is 9.18 Å². The molecule has 6 nitrogen and oxygen atoms in total. The zero-order valence-corrected chi connectivity index (χ0v) is 16.5. The molecule has 0 N–H and O–H groups in total. The summed E-state index contributed by atoms with van der Waals surface area (Å²) in [5.41, 5.74) is 1.08. The van der Waals surface area contributed by atoms with E-state index in [1.807, 2.05) is 36.4 Å². The van der Waals surface area contributed by atoms with Crippen LogP contribution in [0.1, 0.15) is 5.56 Å². The molecule has 2 heterocycles. The molecule has 1 atom stereocenters. The molecule has 0 saturated carbocycles. The molecular weight excluding hydrogens is 375 g/mol. The molecule has 29 heavy (non-hydrogen) atoms. The second-order valence-corrected chi connectivity index (χ2v) is 7.52. The maximum absolute atomic E-state index is 14.1. The van der Waals surface area contributed by atoms with Gasteiger partial charge in [-0.15, -0.1) is 0 Å². The van der Waals surface area contributed by atoms with Crippen molar-refractivity contribution in [2.45, 2.75) is 12.1 Å². The topological polar surface area (TPSA) is 51.2 Å². The Labute approximate surface area is 169 Å². The van der Waals surface area contributed by atoms with Crippen LogP contribution in [-0.2, 0) is 20.8 Å².